The Hall–Kier alpha value is -3.20. The number of esters is 1. The molecule has 0 saturated heterocycles. The summed E-state index contributed by atoms with van der Waals surface area (Å²) in [6.45, 7) is -0.129. The summed E-state index contributed by atoms with van der Waals surface area (Å²) in [5.41, 5.74) is 0.509. The molecule has 2 N–H and O–H groups in total. The van der Waals surface area contributed by atoms with E-state index < -0.39 is 37.0 Å². The maximum Gasteiger partial charge on any atom is 0.387 e. The number of benzene rings is 2. The van der Waals surface area contributed by atoms with Crippen molar-refractivity contribution in [3.63, 3.8) is 0 Å². The van der Waals surface area contributed by atoms with E-state index in [0.717, 1.165) is 0 Å². The van der Waals surface area contributed by atoms with Crippen molar-refractivity contribution in [2.24, 2.45) is 5.92 Å². The van der Waals surface area contributed by atoms with Gasteiger partial charge in [-0.15, -0.1) is 0 Å². The molecule has 0 unspecified atom stereocenters. The SMILES string of the molecule is CC(C)[C@H](NC(=O)c1ccccc1Cl)C(=O)OCC(=O)Nc1ccc(OC(F)F)cc1. The van der Waals surface area contributed by atoms with Crippen LogP contribution in [0.5, 0.6) is 5.75 Å². The molecule has 10 heteroatoms. The summed E-state index contributed by atoms with van der Waals surface area (Å²) in [5, 5.41) is 5.26. The molecule has 0 aromatic heterocycles. The lowest BCUT2D eigenvalue weighted by molar-refractivity contribution is -0.150. The Morgan fingerprint density at radius 3 is 2.26 bits per heavy atom. The number of halogens is 3. The van der Waals surface area contributed by atoms with E-state index in [9.17, 15) is 23.2 Å². The fraction of sp³-hybridized carbons (Fsp3) is 0.286. The van der Waals surface area contributed by atoms with Gasteiger partial charge >= 0.3 is 12.6 Å². The van der Waals surface area contributed by atoms with Gasteiger partial charge in [0.25, 0.3) is 11.8 Å². The third kappa shape index (κ3) is 7.53. The zero-order valence-electron chi connectivity index (χ0n) is 16.7. The standard InChI is InChI=1S/C21H21ClF2N2O5/c1-12(2)18(26-19(28)15-5-3-4-6-16(15)22)20(29)30-11-17(27)25-13-7-9-14(10-8-13)31-21(23)24/h3-10,12,18,21H,11H2,1-2H3,(H,25,27)(H,26,28)/t18-/m0/s1. The van der Waals surface area contributed by atoms with Crippen LogP contribution in [0.1, 0.15) is 24.2 Å². The third-order valence-corrected chi connectivity index (χ3v) is 4.36. The fourth-order valence-electron chi connectivity index (χ4n) is 2.51. The minimum absolute atomic E-state index is 0.0616. The third-order valence-electron chi connectivity index (χ3n) is 4.03. The average molecular weight is 455 g/mol. The number of ether oxygens (including phenoxy) is 2. The highest BCUT2D eigenvalue weighted by Crippen LogP contribution is 2.18. The van der Waals surface area contributed by atoms with Crippen LogP contribution in [0, 0.1) is 5.92 Å². The molecule has 0 aliphatic rings. The molecule has 0 radical (unpaired) electrons. The molecule has 0 bridgehead atoms. The zero-order chi connectivity index (χ0) is 23.0. The van der Waals surface area contributed by atoms with Crippen molar-refractivity contribution in [3.8, 4) is 5.75 Å². The van der Waals surface area contributed by atoms with Gasteiger partial charge < -0.3 is 20.1 Å². The molecule has 31 heavy (non-hydrogen) atoms. The highest BCUT2D eigenvalue weighted by Gasteiger charge is 2.27. The highest BCUT2D eigenvalue weighted by molar-refractivity contribution is 6.33. The number of alkyl halides is 2. The molecule has 0 spiro atoms. The van der Waals surface area contributed by atoms with Crippen LogP contribution in [0.4, 0.5) is 14.5 Å². The normalized spacial score (nSPS) is 11.7. The van der Waals surface area contributed by atoms with Crippen LogP contribution in [0.3, 0.4) is 0 Å². The second-order valence-electron chi connectivity index (χ2n) is 6.73. The van der Waals surface area contributed by atoms with Crippen molar-refractivity contribution < 1.29 is 32.6 Å². The first-order chi connectivity index (χ1) is 14.7. The Bertz CT molecular complexity index is 922. The molecule has 0 heterocycles. The maximum atomic E-state index is 12.4. The van der Waals surface area contributed by atoms with Gasteiger partial charge in [-0.1, -0.05) is 37.6 Å². The maximum absolute atomic E-state index is 12.4. The molecule has 166 valence electrons. The number of anilines is 1. The van der Waals surface area contributed by atoms with Crippen LogP contribution in [0.15, 0.2) is 48.5 Å². The quantitative estimate of drug-likeness (QED) is 0.561. The number of nitrogens with one attached hydrogen (secondary N) is 2. The van der Waals surface area contributed by atoms with Crippen LogP contribution in [0.2, 0.25) is 5.02 Å². The first kappa shape index (κ1) is 24.1. The van der Waals surface area contributed by atoms with E-state index in [1.165, 1.54) is 30.3 Å². The Morgan fingerprint density at radius 2 is 1.68 bits per heavy atom. The summed E-state index contributed by atoms with van der Waals surface area (Å²) in [7, 11) is 0. The topological polar surface area (TPSA) is 93.7 Å². The molecular weight excluding hydrogens is 434 g/mol. The fourth-order valence-corrected chi connectivity index (χ4v) is 2.73. The minimum atomic E-state index is -2.95. The van der Waals surface area contributed by atoms with Crippen molar-refractivity contribution in [2.75, 3.05) is 11.9 Å². The van der Waals surface area contributed by atoms with E-state index in [4.69, 9.17) is 16.3 Å². The van der Waals surface area contributed by atoms with Gasteiger partial charge in [-0.2, -0.15) is 8.78 Å². The summed E-state index contributed by atoms with van der Waals surface area (Å²) < 4.78 is 33.5. The van der Waals surface area contributed by atoms with E-state index >= 15 is 0 Å². The Morgan fingerprint density at radius 1 is 1.03 bits per heavy atom. The van der Waals surface area contributed by atoms with E-state index in [1.54, 1.807) is 32.0 Å². The molecule has 1 atom stereocenters. The van der Waals surface area contributed by atoms with Gasteiger partial charge in [-0.25, -0.2) is 4.79 Å². The largest absolute Gasteiger partial charge is 0.454 e. The van der Waals surface area contributed by atoms with Crippen molar-refractivity contribution >= 4 is 35.1 Å². The second-order valence-corrected chi connectivity index (χ2v) is 7.14. The molecule has 2 aromatic carbocycles. The van der Waals surface area contributed by atoms with Crippen molar-refractivity contribution in [3.05, 3.63) is 59.1 Å². The van der Waals surface area contributed by atoms with Crippen molar-refractivity contribution in [1.29, 1.82) is 0 Å². The minimum Gasteiger partial charge on any atom is -0.454 e. The molecule has 2 aromatic rings. The van der Waals surface area contributed by atoms with Gasteiger partial charge in [0, 0.05) is 5.69 Å². The van der Waals surface area contributed by atoms with Gasteiger partial charge in [0.1, 0.15) is 11.8 Å². The van der Waals surface area contributed by atoms with Crippen LogP contribution in [-0.2, 0) is 14.3 Å². The zero-order valence-corrected chi connectivity index (χ0v) is 17.5. The summed E-state index contributed by atoms with van der Waals surface area (Å²) in [4.78, 5) is 36.8. The smallest absolute Gasteiger partial charge is 0.387 e. The van der Waals surface area contributed by atoms with Gasteiger partial charge in [0.15, 0.2) is 6.61 Å². The lowest BCUT2D eigenvalue weighted by Gasteiger charge is -2.21. The number of hydrogen-bond acceptors (Lipinski definition) is 5. The van der Waals surface area contributed by atoms with Crippen LogP contribution >= 0.6 is 11.6 Å². The van der Waals surface area contributed by atoms with Gasteiger partial charge in [-0.05, 0) is 42.3 Å². The molecular formula is C21H21ClF2N2O5. The number of rotatable bonds is 9. The average Bonchev–Trinajstić information content (AvgIpc) is 2.71. The van der Waals surface area contributed by atoms with Crippen molar-refractivity contribution in [2.45, 2.75) is 26.5 Å². The number of carbonyl (C=O) groups is 3. The lowest BCUT2D eigenvalue weighted by atomic mass is 10.0. The van der Waals surface area contributed by atoms with Gasteiger partial charge in [0.05, 0.1) is 10.6 Å². The molecule has 2 amide bonds. The molecule has 2 rings (SSSR count). The van der Waals surface area contributed by atoms with E-state index in [0.29, 0.717) is 5.69 Å². The van der Waals surface area contributed by atoms with E-state index in [2.05, 4.69) is 15.4 Å². The summed E-state index contributed by atoms with van der Waals surface area (Å²) in [6, 6.07) is 10.6. The molecule has 0 aliphatic heterocycles. The van der Waals surface area contributed by atoms with Gasteiger partial charge in [0.2, 0.25) is 0 Å². The molecule has 0 saturated carbocycles. The monoisotopic (exact) mass is 454 g/mol. The summed E-state index contributed by atoms with van der Waals surface area (Å²) >= 11 is 6.00. The highest BCUT2D eigenvalue weighted by atomic mass is 35.5. The number of amides is 2. The molecule has 0 fully saturated rings. The predicted molar refractivity (Wildman–Crippen MR) is 110 cm³/mol. The first-order valence-corrected chi connectivity index (χ1v) is 9.62. The van der Waals surface area contributed by atoms with Crippen molar-refractivity contribution in [1.82, 2.24) is 5.32 Å². The predicted octanol–water partition coefficient (Wildman–Crippen LogP) is 3.88. The van der Waals surface area contributed by atoms with Crippen LogP contribution in [-0.4, -0.2) is 37.0 Å². The molecule has 0 aliphatic carbocycles. The summed E-state index contributed by atoms with van der Waals surface area (Å²) in [6.07, 6.45) is 0. The van der Waals surface area contributed by atoms with Gasteiger partial charge in [-0.3, -0.25) is 9.59 Å². The Labute approximate surface area is 182 Å². The second kappa shape index (κ2) is 11.3. The number of carbonyl (C=O) groups excluding carboxylic acids is 3. The van der Waals surface area contributed by atoms with E-state index in [1.807, 2.05) is 0 Å². The summed E-state index contributed by atoms with van der Waals surface area (Å²) in [5.74, 6) is -2.35. The Balaban J connectivity index is 1.90. The van der Waals surface area contributed by atoms with Crippen LogP contribution < -0.4 is 15.4 Å². The van der Waals surface area contributed by atoms with E-state index in [-0.39, 0.29) is 22.3 Å². The molecule has 7 nitrogen and oxygen atoms in total. The first-order valence-electron chi connectivity index (χ1n) is 9.24. The lowest BCUT2D eigenvalue weighted by Crippen LogP contribution is -2.46. The number of hydrogen-bond donors (Lipinski definition) is 2. The Kier molecular flexibility index (Phi) is 8.75. The van der Waals surface area contributed by atoms with Crippen LogP contribution in [0.25, 0.3) is 0 Å².